The number of guanidine groups is 1. The van der Waals surface area contributed by atoms with Crippen molar-refractivity contribution in [3.8, 4) is 0 Å². The quantitative estimate of drug-likeness (QED) is 0.244. The highest BCUT2D eigenvalue weighted by Gasteiger charge is 2.25. The summed E-state index contributed by atoms with van der Waals surface area (Å²) in [4.78, 5) is 21.9. The second-order valence-corrected chi connectivity index (χ2v) is 7.90. The second kappa shape index (κ2) is 10.9. The number of rotatable bonds is 7. The standard InChI is InChI=1S/C21H28N4O2S.HI/c1-5-22-21(23-12-16-11-15-9-7-8-10-17(15)16)25-14(4)19-24-13(3)18(28-19)20(26)27-6-2;/h7-10,14,16H,5-6,11-12H2,1-4H3,(H2,22,23,25);1H. The molecule has 2 atom stereocenters. The predicted octanol–water partition coefficient (Wildman–Crippen LogP) is 4.20. The first kappa shape index (κ1) is 23.6. The normalized spacial score (nSPS) is 16.1. The first-order valence-electron chi connectivity index (χ1n) is 9.80. The van der Waals surface area contributed by atoms with Crippen molar-refractivity contribution >= 4 is 47.2 Å². The van der Waals surface area contributed by atoms with Crippen LogP contribution >= 0.6 is 35.3 Å². The van der Waals surface area contributed by atoms with Crippen molar-refractivity contribution < 1.29 is 9.53 Å². The van der Waals surface area contributed by atoms with Crippen LogP contribution in [0.3, 0.4) is 0 Å². The third kappa shape index (κ3) is 5.69. The van der Waals surface area contributed by atoms with E-state index in [1.54, 1.807) is 6.92 Å². The Labute approximate surface area is 193 Å². The van der Waals surface area contributed by atoms with Gasteiger partial charge in [-0.2, -0.15) is 0 Å². The molecule has 0 spiro atoms. The van der Waals surface area contributed by atoms with Crippen LogP contribution in [0.4, 0.5) is 0 Å². The minimum Gasteiger partial charge on any atom is -0.462 e. The Morgan fingerprint density at radius 1 is 1.38 bits per heavy atom. The molecule has 1 aromatic heterocycles. The molecule has 158 valence electrons. The number of benzene rings is 1. The van der Waals surface area contributed by atoms with E-state index < -0.39 is 0 Å². The van der Waals surface area contributed by atoms with Crippen LogP contribution in [-0.2, 0) is 11.2 Å². The lowest BCUT2D eigenvalue weighted by atomic mass is 9.78. The molecule has 2 unspecified atom stereocenters. The molecule has 0 saturated heterocycles. The van der Waals surface area contributed by atoms with Crippen molar-refractivity contribution in [3.05, 3.63) is 51.0 Å². The zero-order chi connectivity index (χ0) is 20.1. The molecule has 6 nitrogen and oxygen atoms in total. The van der Waals surface area contributed by atoms with Gasteiger partial charge in [0.25, 0.3) is 0 Å². The van der Waals surface area contributed by atoms with Crippen molar-refractivity contribution in [2.45, 2.75) is 46.1 Å². The number of aliphatic imine (C=N–C) groups is 1. The molecular weight excluding hydrogens is 499 g/mol. The van der Waals surface area contributed by atoms with E-state index in [-0.39, 0.29) is 36.0 Å². The molecule has 1 aliphatic rings. The van der Waals surface area contributed by atoms with Gasteiger partial charge in [-0.05, 0) is 45.2 Å². The van der Waals surface area contributed by atoms with Gasteiger partial charge >= 0.3 is 5.97 Å². The van der Waals surface area contributed by atoms with Crippen molar-refractivity contribution in [2.75, 3.05) is 19.7 Å². The number of thiazole rings is 1. The minimum atomic E-state index is -0.305. The lowest BCUT2D eigenvalue weighted by Gasteiger charge is -2.29. The van der Waals surface area contributed by atoms with Gasteiger partial charge in [0.05, 0.1) is 18.3 Å². The first-order chi connectivity index (χ1) is 13.5. The molecule has 0 amide bonds. The second-order valence-electron chi connectivity index (χ2n) is 6.87. The van der Waals surface area contributed by atoms with Gasteiger partial charge in [0.2, 0.25) is 0 Å². The summed E-state index contributed by atoms with van der Waals surface area (Å²) in [5.41, 5.74) is 3.55. The van der Waals surface area contributed by atoms with E-state index in [1.807, 2.05) is 20.8 Å². The zero-order valence-electron chi connectivity index (χ0n) is 17.3. The summed E-state index contributed by atoms with van der Waals surface area (Å²) in [7, 11) is 0. The van der Waals surface area contributed by atoms with Gasteiger partial charge in [0.1, 0.15) is 9.88 Å². The Balaban J connectivity index is 0.00000300. The lowest BCUT2D eigenvalue weighted by Crippen LogP contribution is -2.39. The van der Waals surface area contributed by atoms with Crippen LogP contribution in [0.25, 0.3) is 0 Å². The van der Waals surface area contributed by atoms with E-state index in [1.165, 1.54) is 22.5 Å². The largest absolute Gasteiger partial charge is 0.462 e. The number of hydrogen-bond donors (Lipinski definition) is 2. The lowest BCUT2D eigenvalue weighted by molar-refractivity contribution is 0.0531. The molecular formula is C21H29IN4O2S. The van der Waals surface area contributed by atoms with Gasteiger partial charge in [-0.1, -0.05) is 24.3 Å². The van der Waals surface area contributed by atoms with Crippen LogP contribution in [-0.4, -0.2) is 36.6 Å². The number of aromatic nitrogens is 1. The van der Waals surface area contributed by atoms with E-state index in [0.717, 1.165) is 30.5 Å². The van der Waals surface area contributed by atoms with Crippen LogP contribution in [0.1, 0.15) is 64.2 Å². The first-order valence-corrected chi connectivity index (χ1v) is 10.6. The van der Waals surface area contributed by atoms with Crippen molar-refractivity contribution in [2.24, 2.45) is 4.99 Å². The highest BCUT2D eigenvalue weighted by molar-refractivity contribution is 14.0. The van der Waals surface area contributed by atoms with E-state index in [9.17, 15) is 4.79 Å². The van der Waals surface area contributed by atoms with Crippen molar-refractivity contribution in [1.82, 2.24) is 15.6 Å². The number of hydrogen-bond acceptors (Lipinski definition) is 5. The van der Waals surface area contributed by atoms with Gasteiger partial charge in [-0.15, -0.1) is 35.3 Å². The maximum atomic E-state index is 12.0. The highest BCUT2D eigenvalue weighted by Crippen LogP contribution is 2.34. The summed E-state index contributed by atoms with van der Waals surface area (Å²) in [6.45, 7) is 9.62. The number of aryl methyl sites for hydroxylation is 1. The molecule has 3 rings (SSSR count). The number of ether oxygens (including phenoxy) is 1. The number of nitrogens with one attached hydrogen (secondary N) is 2. The molecule has 2 aromatic rings. The van der Waals surface area contributed by atoms with Gasteiger partial charge in [0, 0.05) is 19.0 Å². The Kier molecular flexibility index (Phi) is 8.88. The molecule has 1 aliphatic carbocycles. The summed E-state index contributed by atoms with van der Waals surface area (Å²) in [5, 5.41) is 7.55. The molecule has 2 N–H and O–H groups in total. The fourth-order valence-corrected chi connectivity index (χ4v) is 4.27. The van der Waals surface area contributed by atoms with Gasteiger partial charge < -0.3 is 15.4 Å². The summed E-state index contributed by atoms with van der Waals surface area (Å²) < 4.78 is 5.11. The van der Waals surface area contributed by atoms with Crippen LogP contribution < -0.4 is 10.6 Å². The van der Waals surface area contributed by atoms with E-state index in [2.05, 4.69) is 39.9 Å². The Bertz CT molecular complexity index is 868. The van der Waals surface area contributed by atoms with Gasteiger partial charge in [-0.3, -0.25) is 4.99 Å². The van der Waals surface area contributed by atoms with E-state index in [0.29, 0.717) is 23.1 Å². The number of carbonyl (C=O) groups excluding carboxylic acids is 1. The highest BCUT2D eigenvalue weighted by atomic mass is 127. The molecule has 8 heteroatoms. The molecule has 1 heterocycles. The summed E-state index contributed by atoms with van der Waals surface area (Å²) >= 11 is 1.38. The Morgan fingerprint density at radius 2 is 2.14 bits per heavy atom. The minimum absolute atomic E-state index is 0. The van der Waals surface area contributed by atoms with Gasteiger partial charge in [-0.25, -0.2) is 9.78 Å². The maximum Gasteiger partial charge on any atom is 0.350 e. The van der Waals surface area contributed by atoms with Crippen LogP contribution in [0.5, 0.6) is 0 Å². The molecule has 29 heavy (non-hydrogen) atoms. The molecule has 0 aliphatic heterocycles. The molecule has 0 radical (unpaired) electrons. The van der Waals surface area contributed by atoms with Gasteiger partial charge in [0.15, 0.2) is 5.96 Å². The zero-order valence-corrected chi connectivity index (χ0v) is 20.5. The van der Waals surface area contributed by atoms with Crippen molar-refractivity contribution in [1.29, 1.82) is 0 Å². The Hall–Kier alpha value is -1.68. The SMILES string of the molecule is CCNC(=NCC1Cc2ccccc21)NC(C)c1nc(C)c(C(=O)OCC)s1.I. The molecule has 1 aromatic carbocycles. The molecule has 0 fully saturated rings. The average molecular weight is 528 g/mol. The van der Waals surface area contributed by atoms with E-state index >= 15 is 0 Å². The number of esters is 1. The van der Waals surface area contributed by atoms with Crippen molar-refractivity contribution in [3.63, 3.8) is 0 Å². The monoisotopic (exact) mass is 528 g/mol. The topological polar surface area (TPSA) is 75.6 Å². The fraction of sp³-hybridized carbons (Fsp3) is 0.476. The van der Waals surface area contributed by atoms with Crippen LogP contribution in [0, 0.1) is 6.92 Å². The third-order valence-electron chi connectivity index (χ3n) is 4.77. The third-order valence-corrected chi connectivity index (χ3v) is 6.09. The van der Waals surface area contributed by atoms with E-state index in [4.69, 9.17) is 9.73 Å². The summed E-state index contributed by atoms with van der Waals surface area (Å²) in [6, 6.07) is 8.50. The number of fused-ring (bicyclic) bond motifs is 1. The average Bonchev–Trinajstić information content (AvgIpc) is 3.05. The van der Waals surface area contributed by atoms with Crippen LogP contribution in [0.2, 0.25) is 0 Å². The number of halogens is 1. The molecule has 0 bridgehead atoms. The maximum absolute atomic E-state index is 12.0. The molecule has 0 saturated carbocycles. The Morgan fingerprint density at radius 3 is 2.83 bits per heavy atom. The summed E-state index contributed by atoms with van der Waals surface area (Å²) in [5.74, 6) is 0.949. The summed E-state index contributed by atoms with van der Waals surface area (Å²) in [6.07, 6.45) is 1.09. The number of nitrogens with zero attached hydrogens (tertiary/aromatic N) is 2. The smallest absolute Gasteiger partial charge is 0.350 e. The number of carbonyl (C=O) groups is 1. The predicted molar refractivity (Wildman–Crippen MR) is 129 cm³/mol. The van der Waals surface area contributed by atoms with Crippen LogP contribution in [0.15, 0.2) is 29.3 Å². The fourth-order valence-electron chi connectivity index (χ4n) is 3.30.